The first kappa shape index (κ1) is 29.7. The Bertz CT molecular complexity index is 1400. The number of aryl methyl sites for hydroxylation is 2. The molecule has 0 aromatic heterocycles. The monoisotopic (exact) mass is 551 g/mol. The minimum absolute atomic E-state index is 0.0441. The molecule has 0 saturated heterocycles. The zero-order valence-corrected chi connectivity index (χ0v) is 24.2. The molecule has 39 heavy (non-hydrogen) atoms. The Labute approximate surface area is 231 Å². The lowest BCUT2D eigenvalue weighted by Gasteiger charge is -2.32. The molecule has 0 fully saturated rings. The average Bonchev–Trinajstić information content (AvgIpc) is 2.89. The Kier molecular flexibility index (Phi) is 9.75. The number of ether oxygens (including phenoxy) is 1. The van der Waals surface area contributed by atoms with E-state index in [4.69, 9.17) is 4.74 Å². The van der Waals surface area contributed by atoms with E-state index in [1.165, 1.54) is 24.1 Å². The van der Waals surface area contributed by atoms with Crippen LogP contribution < -0.4 is 14.4 Å². The SMILES string of the molecule is COc1ccccc1N(CC(=O)N(Cc1cccc(C)c1)[C@@H](C)C(=O)NC(C)C)S(=O)(=O)c1ccc(C)cc1. The van der Waals surface area contributed by atoms with Crippen molar-refractivity contribution in [3.8, 4) is 5.75 Å². The van der Waals surface area contributed by atoms with Crippen molar-refractivity contribution in [2.45, 2.75) is 58.1 Å². The molecular formula is C30H37N3O5S. The number of para-hydroxylation sites is 2. The highest BCUT2D eigenvalue weighted by Gasteiger charge is 2.33. The molecule has 0 aliphatic carbocycles. The van der Waals surface area contributed by atoms with Crippen molar-refractivity contribution in [3.05, 3.63) is 89.5 Å². The van der Waals surface area contributed by atoms with E-state index in [-0.39, 0.29) is 29.1 Å². The van der Waals surface area contributed by atoms with Crippen molar-refractivity contribution in [3.63, 3.8) is 0 Å². The second-order valence-corrected chi connectivity index (χ2v) is 11.7. The van der Waals surface area contributed by atoms with Gasteiger partial charge < -0.3 is 15.0 Å². The first-order chi connectivity index (χ1) is 18.4. The molecule has 3 aromatic rings. The first-order valence-electron chi connectivity index (χ1n) is 12.8. The number of sulfonamides is 1. The van der Waals surface area contributed by atoms with Gasteiger partial charge in [0.25, 0.3) is 10.0 Å². The maximum atomic E-state index is 14.0. The largest absolute Gasteiger partial charge is 0.495 e. The summed E-state index contributed by atoms with van der Waals surface area (Å²) in [6.07, 6.45) is 0. The van der Waals surface area contributed by atoms with E-state index in [9.17, 15) is 18.0 Å². The lowest BCUT2D eigenvalue weighted by atomic mass is 10.1. The lowest BCUT2D eigenvalue weighted by Crippen LogP contribution is -2.52. The Morgan fingerprint density at radius 3 is 2.18 bits per heavy atom. The molecule has 9 heteroatoms. The van der Waals surface area contributed by atoms with Gasteiger partial charge in [0.15, 0.2) is 0 Å². The quantitative estimate of drug-likeness (QED) is 0.380. The van der Waals surface area contributed by atoms with Gasteiger partial charge >= 0.3 is 0 Å². The number of hydrogen-bond donors (Lipinski definition) is 1. The highest BCUT2D eigenvalue weighted by molar-refractivity contribution is 7.92. The maximum Gasteiger partial charge on any atom is 0.264 e. The fraction of sp³-hybridized carbons (Fsp3) is 0.333. The minimum Gasteiger partial charge on any atom is -0.495 e. The molecule has 0 saturated carbocycles. The zero-order chi connectivity index (χ0) is 28.7. The predicted octanol–water partition coefficient (Wildman–Crippen LogP) is 4.45. The summed E-state index contributed by atoms with van der Waals surface area (Å²) >= 11 is 0. The third-order valence-corrected chi connectivity index (χ3v) is 8.05. The normalized spacial score (nSPS) is 12.1. The summed E-state index contributed by atoms with van der Waals surface area (Å²) in [4.78, 5) is 28.4. The number of carbonyl (C=O) groups excluding carboxylic acids is 2. The first-order valence-corrected chi connectivity index (χ1v) is 14.3. The standard InChI is InChI=1S/C30H37N3O5S/c1-21(2)31-30(35)24(5)32(19-25-11-9-10-23(4)18-25)29(34)20-33(27-12-7-8-13-28(27)38-6)39(36,37)26-16-14-22(3)15-17-26/h7-18,21,24H,19-20H2,1-6H3,(H,31,35)/t24-/m0/s1. The molecule has 0 unspecified atom stereocenters. The number of nitrogens with one attached hydrogen (secondary N) is 1. The van der Waals surface area contributed by atoms with Gasteiger partial charge in [-0.1, -0.05) is 59.7 Å². The fourth-order valence-electron chi connectivity index (χ4n) is 4.18. The predicted molar refractivity (Wildman–Crippen MR) is 153 cm³/mol. The van der Waals surface area contributed by atoms with E-state index in [1.54, 1.807) is 43.3 Å². The van der Waals surface area contributed by atoms with Crippen molar-refractivity contribution in [2.75, 3.05) is 18.0 Å². The van der Waals surface area contributed by atoms with Crippen LogP contribution in [-0.4, -0.2) is 50.9 Å². The number of methoxy groups -OCH3 is 1. The summed E-state index contributed by atoms with van der Waals surface area (Å²) in [5.41, 5.74) is 2.97. The van der Waals surface area contributed by atoms with Gasteiger partial charge in [0, 0.05) is 12.6 Å². The molecule has 8 nitrogen and oxygen atoms in total. The van der Waals surface area contributed by atoms with E-state index in [1.807, 2.05) is 52.0 Å². The van der Waals surface area contributed by atoms with Crippen LogP contribution in [0.5, 0.6) is 5.75 Å². The van der Waals surface area contributed by atoms with Crippen molar-refractivity contribution < 1.29 is 22.7 Å². The molecule has 0 aliphatic heterocycles. The van der Waals surface area contributed by atoms with Gasteiger partial charge in [-0.05, 0) is 64.4 Å². The molecule has 208 valence electrons. The summed E-state index contributed by atoms with van der Waals surface area (Å²) in [5, 5.41) is 2.85. The average molecular weight is 552 g/mol. The molecular weight excluding hydrogens is 514 g/mol. The smallest absolute Gasteiger partial charge is 0.264 e. The molecule has 3 rings (SSSR count). The van der Waals surface area contributed by atoms with E-state index >= 15 is 0 Å². The van der Waals surface area contributed by atoms with Gasteiger partial charge in [0.05, 0.1) is 17.7 Å². The van der Waals surface area contributed by atoms with Crippen LogP contribution in [0.25, 0.3) is 0 Å². The number of amides is 2. The van der Waals surface area contributed by atoms with Crippen molar-refractivity contribution >= 4 is 27.5 Å². The van der Waals surface area contributed by atoms with Crippen LogP contribution in [0.4, 0.5) is 5.69 Å². The number of anilines is 1. The molecule has 3 aromatic carbocycles. The van der Waals surface area contributed by atoms with Gasteiger partial charge in [0.1, 0.15) is 18.3 Å². The zero-order valence-electron chi connectivity index (χ0n) is 23.3. The van der Waals surface area contributed by atoms with Crippen LogP contribution in [-0.2, 0) is 26.2 Å². The molecule has 0 heterocycles. The third kappa shape index (κ3) is 7.38. The molecule has 0 bridgehead atoms. The van der Waals surface area contributed by atoms with Gasteiger partial charge in [-0.3, -0.25) is 13.9 Å². The fourth-order valence-corrected chi connectivity index (χ4v) is 5.61. The van der Waals surface area contributed by atoms with Crippen LogP contribution in [0.1, 0.15) is 37.5 Å². The Morgan fingerprint density at radius 1 is 0.897 bits per heavy atom. The molecule has 0 spiro atoms. The second kappa shape index (κ2) is 12.8. The van der Waals surface area contributed by atoms with E-state index in [2.05, 4.69) is 5.32 Å². The molecule has 1 atom stereocenters. The van der Waals surface area contributed by atoms with E-state index in [0.717, 1.165) is 21.0 Å². The molecule has 1 N–H and O–H groups in total. The van der Waals surface area contributed by atoms with Crippen LogP contribution in [0.15, 0.2) is 77.7 Å². The number of hydrogen-bond acceptors (Lipinski definition) is 5. The molecule has 0 radical (unpaired) electrons. The third-order valence-electron chi connectivity index (χ3n) is 6.28. The van der Waals surface area contributed by atoms with Gasteiger partial charge in [-0.2, -0.15) is 0 Å². The Morgan fingerprint density at radius 2 is 1.56 bits per heavy atom. The molecule has 2 amide bonds. The number of rotatable bonds is 11. The molecule has 0 aliphatic rings. The highest BCUT2D eigenvalue weighted by Crippen LogP contribution is 2.32. The number of benzene rings is 3. The van der Waals surface area contributed by atoms with Crippen LogP contribution in [0.2, 0.25) is 0 Å². The number of nitrogens with zero attached hydrogens (tertiary/aromatic N) is 2. The van der Waals surface area contributed by atoms with Crippen molar-refractivity contribution in [1.82, 2.24) is 10.2 Å². The van der Waals surface area contributed by atoms with Crippen LogP contribution in [0, 0.1) is 13.8 Å². The van der Waals surface area contributed by atoms with E-state index < -0.39 is 28.5 Å². The maximum absolute atomic E-state index is 14.0. The Hall–Kier alpha value is -3.85. The minimum atomic E-state index is -4.17. The van der Waals surface area contributed by atoms with Crippen LogP contribution >= 0.6 is 0 Å². The lowest BCUT2D eigenvalue weighted by molar-refractivity contribution is -0.139. The van der Waals surface area contributed by atoms with Crippen LogP contribution in [0.3, 0.4) is 0 Å². The van der Waals surface area contributed by atoms with E-state index in [0.29, 0.717) is 5.75 Å². The summed E-state index contributed by atoms with van der Waals surface area (Å²) in [7, 11) is -2.73. The Balaban J connectivity index is 2.07. The summed E-state index contributed by atoms with van der Waals surface area (Å²) in [5.74, 6) is -0.544. The second-order valence-electron chi connectivity index (χ2n) is 9.85. The highest BCUT2D eigenvalue weighted by atomic mass is 32.2. The topological polar surface area (TPSA) is 96.0 Å². The van der Waals surface area contributed by atoms with Gasteiger partial charge in [0.2, 0.25) is 11.8 Å². The van der Waals surface area contributed by atoms with Crippen molar-refractivity contribution in [1.29, 1.82) is 0 Å². The van der Waals surface area contributed by atoms with Gasteiger partial charge in [-0.15, -0.1) is 0 Å². The summed E-state index contributed by atoms with van der Waals surface area (Å²) in [6.45, 7) is 8.75. The summed E-state index contributed by atoms with van der Waals surface area (Å²) < 4.78 is 34.4. The summed E-state index contributed by atoms with van der Waals surface area (Å²) in [6, 6.07) is 19.8. The number of carbonyl (C=O) groups is 2. The van der Waals surface area contributed by atoms with Crippen molar-refractivity contribution in [2.24, 2.45) is 0 Å². The van der Waals surface area contributed by atoms with Gasteiger partial charge in [-0.25, -0.2) is 8.42 Å².